The Kier molecular flexibility index (Phi) is 8.77. The number of ether oxygens (including phenoxy) is 2. The van der Waals surface area contributed by atoms with E-state index in [1.807, 2.05) is 17.0 Å². The average molecular weight is 511 g/mol. The molecule has 0 spiro atoms. The van der Waals surface area contributed by atoms with Crippen LogP contribution in [0.15, 0.2) is 48.5 Å². The molecule has 0 aromatic heterocycles. The van der Waals surface area contributed by atoms with Crippen molar-refractivity contribution in [1.82, 2.24) is 9.80 Å². The molecule has 192 valence electrons. The molecule has 2 heterocycles. The number of methoxy groups -OCH3 is 2. The maximum absolute atomic E-state index is 13.6. The Morgan fingerprint density at radius 2 is 1.56 bits per heavy atom. The fourth-order valence-electron chi connectivity index (χ4n) is 4.77. The topological polar surface area (TPSA) is 74.3 Å². The molecule has 2 amide bonds. The Balaban J connectivity index is 1.47. The van der Waals surface area contributed by atoms with Gasteiger partial charge >= 0.3 is 0 Å². The summed E-state index contributed by atoms with van der Waals surface area (Å²) in [6, 6.07) is 13.7. The Bertz CT molecular complexity index is 1050. The molecule has 2 aliphatic heterocycles. The highest BCUT2D eigenvalue weighted by molar-refractivity contribution is 7.80. The van der Waals surface area contributed by atoms with Crippen LogP contribution in [0.1, 0.15) is 32.1 Å². The van der Waals surface area contributed by atoms with E-state index in [0.717, 1.165) is 26.1 Å². The third kappa shape index (κ3) is 6.14. The van der Waals surface area contributed by atoms with Crippen LogP contribution in [-0.4, -0.2) is 73.2 Å². The molecule has 2 aliphatic rings. The van der Waals surface area contributed by atoms with Crippen LogP contribution in [0.4, 0.5) is 11.4 Å². The van der Waals surface area contributed by atoms with Gasteiger partial charge in [0.25, 0.3) is 5.91 Å². The molecule has 9 heteroatoms. The second-order valence-electron chi connectivity index (χ2n) is 9.10. The van der Waals surface area contributed by atoms with Crippen LogP contribution in [0.2, 0.25) is 0 Å². The van der Waals surface area contributed by atoms with Gasteiger partial charge in [-0.15, -0.1) is 0 Å². The normalized spacial score (nSPS) is 18.4. The van der Waals surface area contributed by atoms with Crippen molar-refractivity contribution in [2.45, 2.75) is 38.1 Å². The maximum Gasteiger partial charge on any atom is 0.256 e. The molecule has 0 aliphatic carbocycles. The number of hydrogen-bond donors (Lipinski definition) is 1. The van der Waals surface area contributed by atoms with E-state index in [1.165, 1.54) is 19.3 Å². The van der Waals surface area contributed by atoms with Crippen LogP contribution in [-0.2, 0) is 9.59 Å². The van der Waals surface area contributed by atoms with Gasteiger partial charge in [-0.25, -0.2) is 0 Å². The SMILES string of the molecule is COc1ccc(NC(=O)C[C@@H]2C(=O)N(c3ccc(OC)cc3)C(=S)N2CCCN2CCCCC2)cc1. The summed E-state index contributed by atoms with van der Waals surface area (Å²) in [4.78, 5) is 32.5. The van der Waals surface area contributed by atoms with Gasteiger partial charge in [0.1, 0.15) is 17.5 Å². The van der Waals surface area contributed by atoms with E-state index in [2.05, 4.69) is 10.2 Å². The van der Waals surface area contributed by atoms with Crippen LogP contribution < -0.4 is 19.7 Å². The van der Waals surface area contributed by atoms with Crippen molar-refractivity contribution in [3.05, 3.63) is 48.5 Å². The van der Waals surface area contributed by atoms with Gasteiger partial charge in [-0.05, 0) is 99.6 Å². The first-order chi connectivity index (χ1) is 17.5. The number of rotatable bonds is 10. The van der Waals surface area contributed by atoms with Crippen molar-refractivity contribution in [1.29, 1.82) is 0 Å². The highest BCUT2D eigenvalue weighted by atomic mass is 32.1. The van der Waals surface area contributed by atoms with E-state index in [1.54, 1.807) is 55.5 Å². The number of piperidine rings is 1. The van der Waals surface area contributed by atoms with Crippen molar-refractivity contribution in [2.75, 3.05) is 50.6 Å². The number of nitrogens with one attached hydrogen (secondary N) is 1. The van der Waals surface area contributed by atoms with Gasteiger partial charge in [0.05, 0.1) is 26.3 Å². The molecule has 0 saturated carbocycles. The number of thiocarbonyl (C=S) groups is 1. The predicted octanol–water partition coefficient (Wildman–Crippen LogP) is 3.91. The van der Waals surface area contributed by atoms with Gasteiger partial charge in [0.15, 0.2) is 5.11 Å². The average Bonchev–Trinajstić information content (AvgIpc) is 3.13. The first-order valence-corrected chi connectivity index (χ1v) is 12.9. The van der Waals surface area contributed by atoms with Crippen LogP contribution in [0.25, 0.3) is 0 Å². The van der Waals surface area contributed by atoms with E-state index in [-0.39, 0.29) is 18.2 Å². The van der Waals surface area contributed by atoms with Crippen molar-refractivity contribution < 1.29 is 19.1 Å². The van der Waals surface area contributed by atoms with Crippen LogP contribution >= 0.6 is 12.2 Å². The number of anilines is 2. The molecule has 8 nitrogen and oxygen atoms in total. The molecule has 0 unspecified atom stereocenters. The van der Waals surface area contributed by atoms with Crippen molar-refractivity contribution in [3.8, 4) is 11.5 Å². The van der Waals surface area contributed by atoms with Gasteiger partial charge in [-0.1, -0.05) is 6.42 Å². The zero-order valence-corrected chi connectivity index (χ0v) is 21.8. The number of amides is 2. The lowest BCUT2D eigenvalue weighted by atomic mass is 10.1. The molecule has 2 aromatic carbocycles. The van der Waals surface area contributed by atoms with Crippen molar-refractivity contribution in [3.63, 3.8) is 0 Å². The highest BCUT2D eigenvalue weighted by Crippen LogP contribution is 2.29. The maximum atomic E-state index is 13.6. The number of carbonyl (C=O) groups is 2. The molecule has 36 heavy (non-hydrogen) atoms. The van der Waals surface area contributed by atoms with Gasteiger partial charge in [0.2, 0.25) is 5.91 Å². The van der Waals surface area contributed by atoms with E-state index in [9.17, 15) is 9.59 Å². The second kappa shape index (κ2) is 12.2. The third-order valence-corrected chi connectivity index (χ3v) is 7.14. The Morgan fingerprint density at radius 1 is 0.944 bits per heavy atom. The van der Waals surface area contributed by atoms with E-state index in [4.69, 9.17) is 21.7 Å². The third-order valence-electron chi connectivity index (χ3n) is 6.72. The van der Waals surface area contributed by atoms with E-state index < -0.39 is 6.04 Å². The van der Waals surface area contributed by atoms with Crippen LogP contribution in [0, 0.1) is 0 Å². The quantitative estimate of drug-likeness (QED) is 0.486. The predicted molar refractivity (Wildman–Crippen MR) is 145 cm³/mol. The highest BCUT2D eigenvalue weighted by Gasteiger charge is 2.43. The molecule has 1 atom stereocenters. The lowest BCUT2D eigenvalue weighted by molar-refractivity contribution is -0.124. The fourth-order valence-corrected chi connectivity index (χ4v) is 5.18. The summed E-state index contributed by atoms with van der Waals surface area (Å²) in [6.07, 6.45) is 4.66. The minimum absolute atomic E-state index is 0.0152. The first-order valence-electron chi connectivity index (χ1n) is 12.4. The molecule has 0 bridgehead atoms. The minimum atomic E-state index is -0.654. The Labute approximate surface area is 218 Å². The molecule has 4 rings (SSSR count). The summed E-state index contributed by atoms with van der Waals surface area (Å²) in [7, 11) is 3.19. The number of benzene rings is 2. The Morgan fingerprint density at radius 3 is 2.17 bits per heavy atom. The fraction of sp³-hybridized carbons (Fsp3) is 0.444. The van der Waals surface area contributed by atoms with Crippen LogP contribution in [0.3, 0.4) is 0 Å². The smallest absolute Gasteiger partial charge is 0.256 e. The zero-order valence-electron chi connectivity index (χ0n) is 20.9. The van der Waals surface area contributed by atoms with Crippen molar-refractivity contribution >= 4 is 40.5 Å². The van der Waals surface area contributed by atoms with Crippen LogP contribution in [0.5, 0.6) is 11.5 Å². The molecule has 2 aromatic rings. The minimum Gasteiger partial charge on any atom is -0.497 e. The summed E-state index contributed by atoms with van der Waals surface area (Å²) >= 11 is 5.78. The molecule has 0 radical (unpaired) electrons. The number of carbonyl (C=O) groups excluding carboxylic acids is 2. The van der Waals surface area contributed by atoms with Gasteiger partial charge in [-0.2, -0.15) is 0 Å². The summed E-state index contributed by atoms with van der Waals surface area (Å²) in [5, 5.41) is 3.33. The lowest BCUT2D eigenvalue weighted by Crippen LogP contribution is -2.40. The van der Waals surface area contributed by atoms with E-state index in [0.29, 0.717) is 34.5 Å². The zero-order chi connectivity index (χ0) is 25.5. The van der Waals surface area contributed by atoms with Gasteiger partial charge in [0, 0.05) is 12.2 Å². The standard InChI is InChI=1S/C27H34N4O4S/c1-34-22-11-7-20(8-12-22)28-25(32)19-24-26(33)31(21-9-13-23(35-2)14-10-21)27(36)30(24)18-6-17-29-15-4-3-5-16-29/h7-14,24H,3-6,15-19H2,1-2H3,(H,28,32)/t24-/m1/s1. The van der Waals surface area contributed by atoms with Gasteiger partial charge in [-0.3, -0.25) is 14.5 Å². The second-order valence-corrected chi connectivity index (χ2v) is 9.47. The summed E-state index contributed by atoms with van der Waals surface area (Å²) in [5.41, 5.74) is 1.32. The first kappa shape index (κ1) is 25.9. The number of likely N-dealkylation sites (tertiary alicyclic amines) is 1. The lowest BCUT2D eigenvalue weighted by Gasteiger charge is -2.28. The van der Waals surface area contributed by atoms with E-state index >= 15 is 0 Å². The number of hydrogen-bond acceptors (Lipinski definition) is 6. The summed E-state index contributed by atoms with van der Waals surface area (Å²) in [6.45, 7) is 3.82. The molecular weight excluding hydrogens is 476 g/mol. The molecule has 2 fully saturated rings. The van der Waals surface area contributed by atoms with Crippen molar-refractivity contribution in [2.24, 2.45) is 0 Å². The largest absolute Gasteiger partial charge is 0.497 e. The Hall–Kier alpha value is -3.17. The monoisotopic (exact) mass is 510 g/mol. The molecule has 2 saturated heterocycles. The summed E-state index contributed by atoms with van der Waals surface area (Å²) in [5.74, 6) is 0.983. The molecular formula is C27H34N4O4S. The van der Waals surface area contributed by atoms with Gasteiger partial charge < -0.3 is 24.6 Å². The number of nitrogens with zero attached hydrogens (tertiary/aromatic N) is 3. The molecule has 1 N–H and O–H groups in total. The summed E-state index contributed by atoms with van der Waals surface area (Å²) < 4.78 is 10.4.